The Morgan fingerprint density at radius 2 is 2.00 bits per heavy atom. The summed E-state index contributed by atoms with van der Waals surface area (Å²) in [6, 6.07) is 10.5. The third-order valence-corrected chi connectivity index (χ3v) is 3.11. The monoisotopic (exact) mass is 290 g/mol. The maximum absolute atomic E-state index is 11.5. The predicted molar refractivity (Wildman–Crippen MR) is 82.1 cm³/mol. The maximum atomic E-state index is 11.5. The Balaban J connectivity index is 2.37. The van der Waals surface area contributed by atoms with Gasteiger partial charge in [0.2, 0.25) is 0 Å². The van der Waals surface area contributed by atoms with Crippen molar-refractivity contribution in [3.05, 3.63) is 47.0 Å². The van der Waals surface area contributed by atoms with Crippen molar-refractivity contribution in [3.63, 3.8) is 0 Å². The van der Waals surface area contributed by atoms with Crippen molar-refractivity contribution in [2.75, 3.05) is 18.2 Å². The summed E-state index contributed by atoms with van der Waals surface area (Å²) in [5.41, 5.74) is 8.17. The number of hydrogen-bond donors (Lipinski definition) is 2. The van der Waals surface area contributed by atoms with Crippen molar-refractivity contribution in [1.29, 1.82) is 0 Å². The van der Waals surface area contributed by atoms with Gasteiger partial charge in [-0.1, -0.05) is 11.6 Å². The first-order valence-corrected chi connectivity index (χ1v) is 6.40. The number of ketones is 1. The fourth-order valence-electron chi connectivity index (χ4n) is 1.87. The molecule has 3 N–H and O–H groups in total. The van der Waals surface area contributed by atoms with E-state index < -0.39 is 0 Å². The summed E-state index contributed by atoms with van der Waals surface area (Å²) >= 11 is 5.98. The molecule has 2 aromatic rings. The molecule has 2 aromatic carbocycles. The number of anilines is 3. The van der Waals surface area contributed by atoms with Gasteiger partial charge in [0.25, 0.3) is 0 Å². The average Bonchev–Trinajstić information content (AvgIpc) is 2.41. The van der Waals surface area contributed by atoms with Crippen LogP contribution in [0.15, 0.2) is 36.4 Å². The van der Waals surface area contributed by atoms with Crippen LogP contribution in [0.25, 0.3) is 0 Å². The normalized spacial score (nSPS) is 10.2. The van der Waals surface area contributed by atoms with Crippen LogP contribution in [-0.4, -0.2) is 12.9 Å². The molecule has 4 nitrogen and oxygen atoms in total. The third kappa shape index (κ3) is 3.03. The Kier molecular flexibility index (Phi) is 4.15. The van der Waals surface area contributed by atoms with Gasteiger partial charge in [-0.05, 0) is 43.3 Å². The number of ether oxygens (including phenoxy) is 1. The fraction of sp³-hybridized carbons (Fsp3) is 0.133. The van der Waals surface area contributed by atoms with E-state index in [2.05, 4.69) is 5.32 Å². The quantitative estimate of drug-likeness (QED) is 0.662. The van der Waals surface area contributed by atoms with Crippen LogP contribution in [0.3, 0.4) is 0 Å². The van der Waals surface area contributed by atoms with Gasteiger partial charge in [-0.3, -0.25) is 4.79 Å². The topological polar surface area (TPSA) is 64.3 Å². The van der Waals surface area contributed by atoms with Gasteiger partial charge < -0.3 is 15.8 Å². The van der Waals surface area contributed by atoms with Gasteiger partial charge >= 0.3 is 0 Å². The van der Waals surface area contributed by atoms with Gasteiger partial charge in [-0.25, -0.2) is 0 Å². The summed E-state index contributed by atoms with van der Waals surface area (Å²) in [7, 11) is 1.58. The van der Waals surface area contributed by atoms with Crippen LogP contribution in [-0.2, 0) is 0 Å². The molecule has 0 aromatic heterocycles. The minimum Gasteiger partial charge on any atom is -0.495 e. The lowest BCUT2D eigenvalue weighted by atomic mass is 10.1. The van der Waals surface area contributed by atoms with Crippen molar-refractivity contribution in [3.8, 4) is 5.75 Å². The van der Waals surface area contributed by atoms with Crippen LogP contribution in [0.5, 0.6) is 5.75 Å². The Labute approximate surface area is 122 Å². The number of methoxy groups -OCH3 is 1. The van der Waals surface area contributed by atoms with Crippen LogP contribution >= 0.6 is 11.6 Å². The lowest BCUT2D eigenvalue weighted by molar-refractivity contribution is 0.101. The van der Waals surface area contributed by atoms with E-state index in [0.29, 0.717) is 22.0 Å². The van der Waals surface area contributed by atoms with E-state index in [9.17, 15) is 4.79 Å². The molecular formula is C15H15ClN2O2. The van der Waals surface area contributed by atoms with Gasteiger partial charge in [0, 0.05) is 22.0 Å². The molecule has 0 heterocycles. The smallest absolute Gasteiger partial charge is 0.161 e. The molecule has 0 aliphatic rings. The van der Waals surface area contributed by atoms with Crippen molar-refractivity contribution in [2.45, 2.75) is 6.92 Å². The van der Waals surface area contributed by atoms with E-state index in [-0.39, 0.29) is 5.78 Å². The van der Waals surface area contributed by atoms with Crippen molar-refractivity contribution < 1.29 is 9.53 Å². The number of carbonyl (C=O) groups excluding carboxylic acids is 1. The van der Waals surface area contributed by atoms with E-state index in [1.54, 1.807) is 43.5 Å². The summed E-state index contributed by atoms with van der Waals surface area (Å²) in [4.78, 5) is 11.5. The number of nitrogens with one attached hydrogen (secondary N) is 1. The molecule has 0 aliphatic carbocycles. The number of Topliss-reactive ketones (excluding diaryl/α,β-unsaturated/α-hetero) is 1. The number of halogens is 1. The van der Waals surface area contributed by atoms with Crippen molar-refractivity contribution in [1.82, 2.24) is 0 Å². The first-order chi connectivity index (χ1) is 9.51. The molecule has 104 valence electrons. The second kappa shape index (κ2) is 5.84. The predicted octanol–water partition coefficient (Wildman–Crippen LogP) is 3.88. The van der Waals surface area contributed by atoms with Crippen LogP contribution in [0.1, 0.15) is 17.3 Å². The summed E-state index contributed by atoms with van der Waals surface area (Å²) in [6.45, 7) is 1.48. The van der Waals surface area contributed by atoms with Gasteiger partial charge in [0.05, 0.1) is 12.8 Å². The second-order valence-electron chi connectivity index (χ2n) is 4.33. The summed E-state index contributed by atoms with van der Waals surface area (Å²) in [5, 5.41) is 3.76. The molecular weight excluding hydrogens is 276 g/mol. The molecule has 20 heavy (non-hydrogen) atoms. The lowest BCUT2D eigenvalue weighted by Crippen LogP contribution is -2.01. The van der Waals surface area contributed by atoms with E-state index in [0.717, 1.165) is 11.4 Å². The minimum atomic E-state index is -0.0794. The second-order valence-corrected chi connectivity index (χ2v) is 4.76. The Hall–Kier alpha value is -2.20. The van der Waals surface area contributed by atoms with Gasteiger partial charge in [-0.15, -0.1) is 0 Å². The molecule has 0 radical (unpaired) electrons. The van der Waals surface area contributed by atoms with E-state index in [4.69, 9.17) is 22.1 Å². The average molecular weight is 291 g/mol. The maximum Gasteiger partial charge on any atom is 0.161 e. The molecule has 0 fully saturated rings. The number of nitrogen functional groups attached to an aromatic ring is 1. The highest BCUT2D eigenvalue weighted by atomic mass is 35.5. The molecule has 0 atom stereocenters. The third-order valence-electron chi connectivity index (χ3n) is 2.87. The molecule has 5 heteroatoms. The van der Waals surface area contributed by atoms with Gasteiger partial charge in [0.15, 0.2) is 5.78 Å². The first kappa shape index (κ1) is 14.2. The highest BCUT2D eigenvalue weighted by Crippen LogP contribution is 2.31. The number of benzene rings is 2. The van der Waals surface area contributed by atoms with Crippen LogP contribution in [0, 0.1) is 0 Å². The fourth-order valence-corrected chi connectivity index (χ4v) is 2.04. The van der Waals surface area contributed by atoms with Crippen LogP contribution in [0.4, 0.5) is 17.1 Å². The number of carbonyl (C=O) groups is 1. The molecule has 0 bridgehead atoms. The summed E-state index contributed by atoms with van der Waals surface area (Å²) in [6.07, 6.45) is 0. The minimum absolute atomic E-state index is 0.0794. The molecule has 0 aliphatic heterocycles. The molecule has 0 spiro atoms. The van der Waals surface area contributed by atoms with Crippen LogP contribution in [0.2, 0.25) is 5.02 Å². The zero-order valence-electron chi connectivity index (χ0n) is 11.2. The van der Waals surface area contributed by atoms with Crippen molar-refractivity contribution in [2.24, 2.45) is 0 Å². The summed E-state index contributed by atoms with van der Waals surface area (Å²) in [5.74, 6) is 0.583. The number of nitrogens with two attached hydrogens (primary N) is 1. The van der Waals surface area contributed by atoms with Gasteiger partial charge in [-0.2, -0.15) is 0 Å². The largest absolute Gasteiger partial charge is 0.495 e. The van der Waals surface area contributed by atoms with Gasteiger partial charge in [0.1, 0.15) is 5.75 Å². The molecule has 0 unspecified atom stereocenters. The number of rotatable bonds is 4. The highest BCUT2D eigenvalue weighted by Gasteiger charge is 2.08. The molecule has 2 rings (SSSR count). The SMILES string of the molecule is COc1ccc(Cl)cc1Nc1ccc(N)c(C(C)=O)c1. The van der Waals surface area contributed by atoms with E-state index in [1.807, 2.05) is 0 Å². The molecule has 0 amide bonds. The zero-order valence-corrected chi connectivity index (χ0v) is 12.0. The van der Waals surface area contributed by atoms with E-state index >= 15 is 0 Å². The van der Waals surface area contributed by atoms with Crippen LogP contribution < -0.4 is 15.8 Å². The number of hydrogen-bond acceptors (Lipinski definition) is 4. The Morgan fingerprint density at radius 3 is 2.65 bits per heavy atom. The standard InChI is InChI=1S/C15H15ClN2O2/c1-9(19)12-8-11(4-5-13(12)17)18-14-7-10(16)3-6-15(14)20-2/h3-8,18H,17H2,1-2H3. The zero-order chi connectivity index (χ0) is 14.7. The lowest BCUT2D eigenvalue weighted by Gasteiger charge is -2.13. The Morgan fingerprint density at radius 1 is 1.25 bits per heavy atom. The summed E-state index contributed by atoms with van der Waals surface area (Å²) < 4.78 is 5.26. The van der Waals surface area contributed by atoms with Crippen molar-refractivity contribution >= 4 is 34.4 Å². The molecule has 0 saturated heterocycles. The first-order valence-electron chi connectivity index (χ1n) is 6.02. The Bertz CT molecular complexity index is 656. The molecule has 0 saturated carbocycles. The highest BCUT2D eigenvalue weighted by molar-refractivity contribution is 6.31. The van der Waals surface area contributed by atoms with E-state index in [1.165, 1.54) is 6.92 Å².